The highest BCUT2D eigenvalue weighted by atomic mass is 19.1. The molecule has 0 bridgehead atoms. The fraction of sp³-hybridized carbons (Fsp3) is 0.538. The Morgan fingerprint density at radius 3 is 2.06 bits per heavy atom. The molecule has 0 radical (unpaired) electrons. The van der Waals surface area contributed by atoms with Crippen molar-refractivity contribution >= 4 is 11.4 Å². The molecule has 1 aliphatic heterocycles. The summed E-state index contributed by atoms with van der Waals surface area (Å²) in [4.78, 5) is 1.79. The maximum absolute atomic E-state index is 13.8. The fourth-order valence-electron chi connectivity index (χ4n) is 2.73. The minimum absolute atomic E-state index is 0.0672. The van der Waals surface area contributed by atoms with E-state index < -0.39 is 11.6 Å². The zero-order chi connectivity index (χ0) is 12.6. The number of hydrogen-bond donors (Lipinski definition) is 1. The van der Waals surface area contributed by atoms with Gasteiger partial charge in [0.15, 0.2) is 11.6 Å². The summed E-state index contributed by atoms with van der Waals surface area (Å²) in [5, 5.41) is 0. The van der Waals surface area contributed by atoms with Crippen molar-refractivity contribution in [3.8, 4) is 0 Å². The third-order valence-corrected chi connectivity index (χ3v) is 3.22. The van der Waals surface area contributed by atoms with E-state index in [0.29, 0.717) is 24.9 Å². The van der Waals surface area contributed by atoms with E-state index in [9.17, 15) is 8.78 Å². The van der Waals surface area contributed by atoms with Crippen LogP contribution in [0.2, 0.25) is 0 Å². The van der Waals surface area contributed by atoms with Crippen LogP contribution in [-0.4, -0.2) is 13.1 Å². The number of benzene rings is 1. The second-order valence-electron chi connectivity index (χ2n) is 5.18. The van der Waals surface area contributed by atoms with Gasteiger partial charge < -0.3 is 10.6 Å². The Balaban J connectivity index is 2.33. The van der Waals surface area contributed by atoms with Gasteiger partial charge in [-0.25, -0.2) is 8.78 Å². The number of rotatable bonds is 1. The van der Waals surface area contributed by atoms with Gasteiger partial charge in [-0.3, -0.25) is 0 Å². The van der Waals surface area contributed by atoms with Crippen molar-refractivity contribution in [2.45, 2.75) is 20.3 Å². The van der Waals surface area contributed by atoms with Crippen molar-refractivity contribution in [3.05, 3.63) is 23.8 Å². The molecule has 0 unspecified atom stereocenters. The van der Waals surface area contributed by atoms with Crippen molar-refractivity contribution in [2.24, 2.45) is 11.8 Å². The molecule has 1 fully saturated rings. The molecule has 1 saturated heterocycles. The van der Waals surface area contributed by atoms with Crippen LogP contribution in [0.5, 0.6) is 0 Å². The molecule has 1 aromatic carbocycles. The Labute approximate surface area is 100 Å². The van der Waals surface area contributed by atoms with Crippen LogP contribution < -0.4 is 10.6 Å². The number of piperidine rings is 1. The Morgan fingerprint density at radius 2 is 1.59 bits per heavy atom. The van der Waals surface area contributed by atoms with Crippen molar-refractivity contribution in [2.75, 3.05) is 23.7 Å². The summed E-state index contributed by atoms with van der Waals surface area (Å²) >= 11 is 0. The predicted octanol–water partition coefficient (Wildman–Crippen LogP) is 3.03. The first kappa shape index (κ1) is 12.1. The van der Waals surface area contributed by atoms with Crippen LogP contribution in [0.15, 0.2) is 12.1 Å². The Hall–Kier alpha value is -1.32. The standard InChI is InChI=1S/C13H18F2N2/c1-8-3-9(2)7-17(6-8)13-11(14)4-10(16)5-12(13)15/h4-5,8-9H,3,6-7,16H2,1-2H3/t8-,9+. The van der Waals surface area contributed by atoms with E-state index in [1.54, 1.807) is 4.90 Å². The first-order chi connectivity index (χ1) is 7.97. The first-order valence-corrected chi connectivity index (χ1v) is 5.97. The molecule has 2 nitrogen and oxygen atoms in total. The SMILES string of the molecule is C[C@@H]1C[C@H](C)CN(c2c(F)cc(N)cc2F)C1. The maximum Gasteiger partial charge on any atom is 0.151 e. The highest BCUT2D eigenvalue weighted by Gasteiger charge is 2.26. The highest BCUT2D eigenvalue weighted by molar-refractivity contribution is 5.56. The van der Waals surface area contributed by atoms with Crippen LogP contribution in [0.3, 0.4) is 0 Å². The second-order valence-corrected chi connectivity index (χ2v) is 5.18. The second kappa shape index (κ2) is 4.51. The van der Waals surface area contributed by atoms with E-state index in [-0.39, 0.29) is 11.4 Å². The van der Waals surface area contributed by atoms with Crippen molar-refractivity contribution in [3.63, 3.8) is 0 Å². The molecule has 0 amide bonds. The van der Waals surface area contributed by atoms with Crippen LogP contribution >= 0.6 is 0 Å². The van der Waals surface area contributed by atoms with Crippen molar-refractivity contribution < 1.29 is 8.78 Å². The molecule has 17 heavy (non-hydrogen) atoms. The largest absolute Gasteiger partial charge is 0.399 e. The third kappa shape index (κ3) is 2.51. The smallest absolute Gasteiger partial charge is 0.151 e. The molecular weight excluding hydrogens is 222 g/mol. The molecule has 1 heterocycles. The molecule has 2 atom stereocenters. The molecule has 1 aromatic rings. The quantitative estimate of drug-likeness (QED) is 0.764. The van der Waals surface area contributed by atoms with Gasteiger partial charge in [0.2, 0.25) is 0 Å². The maximum atomic E-state index is 13.8. The summed E-state index contributed by atoms with van der Waals surface area (Å²) < 4.78 is 27.6. The minimum atomic E-state index is -0.566. The Morgan fingerprint density at radius 1 is 1.12 bits per heavy atom. The zero-order valence-electron chi connectivity index (χ0n) is 10.2. The molecule has 4 heteroatoms. The van der Waals surface area contributed by atoms with Crippen LogP contribution in [-0.2, 0) is 0 Å². The van der Waals surface area contributed by atoms with E-state index in [4.69, 9.17) is 5.73 Å². The minimum Gasteiger partial charge on any atom is -0.399 e. The normalized spacial score (nSPS) is 25.1. The molecule has 0 saturated carbocycles. The number of nitrogens with zero attached hydrogens (tertiary/aromatic N) is 1. The molecule has 94 valence electrons. The van der Waals surface area contributed by atoms with Gasteiger partial charge in [0, 0.05) is 18.8 Å². The van der Waals surface area contributed by atoms with Gasteiger partial charge >= 0.3 is 0 Å². The average Bonchev–Trinajstić information content (AvgIpc) is 2.13. The van der Waals surface area contributed by atoms with Gasteiger partial charge in [0.05, 0.1) is 0 Å². The zero-order valence-corrected chi connectivity index (χ0v) is 10.2. The molecule has 1 aliphatic rings. The lowest BCUT2D eigenvalue weighted by molar-refractivity contribution is 0.352. The predicted molar refractivity (Wildman–Crippen MR) is 65.9 cm³/mol. The van der Waals surface area contributed by atoms with Gasteiger partial charge in [-0.1, -0.05) is 13.8 Å². The van der Waals surface area contributed by atoms with Gasteiger partial charge in [-0.2, -0.15) is 0 Å². The Bertz CT molecular complexity index is 387. The van der Waals surface area contributed by atoms with Gasteiger partial charge in [-0.15, -0.1) is 0 Å². The van der Waals surface area contributed by atoms with E-state index in [1.165, 1.54) is 12.1 Å². The van der Waals surface area contributed by atoms with Crippen LogP contribution in [0.4, 0.5) is 20.2 Å². The first-order valence-electron chi connectivity index (χ1n) is 5.97. The number of anilines is 2. The summed E-state index contributed by atoms with van der Waals surface area (Å²) in [5.74, 6) is -0.224. The average molecular weight is 240 g/mol. The fourth-order valence-corrected chi connectivity index (χ4v) is 2.73. The van der Waals surface area contributed by atoms with Crippen LogP contribution in [0.25, 0.3) is 0 Å². The molecule has 0 aliphatic carbocycles. The molecule has 2 rings (SSSR count). The van der Waals surface area contributed by atoms with Crippen molar-refractivity contribution in [1.82, 2.24) is 0 Å². The van der Waals surface area contributed by atoms with Gasteiger partial charge in [0.1, 0.15) is 5.69 Å². The molecule has 0 aromatic heterocycles. The monoisotopic (exact) mass is 240 g/mol. The molecule has 0 spiro atoms. The van der Waals surface area contributed by atoms with E-state index in [1.807, 2.05) is 0 Å². The van der Waals surface area contributed by atoms with Crippen LogP contribution in [0.1, 0.15) is 20.3 Å². The summed E-state index contributed by atoms with van der Waals surface area (Å²) in [6.45, 7) is 5.61. The lowest BCUT2D eigenvalue weighted by Crippen LogP contribution is -2.39. The number of hydrogen-bond acceptors (Lipinski definition) is 2. The molecular formula is C13H18F2N2. The number of nitrogens with two attached hydrogens (primary N) is 1. The lowest BCUT2D eigenvalue weighted by Gasteiger charge is -2.36. The van der Waals surface area contributed by atoms with Gasteiger partial charge in [0.25, 0.3) is 0 Å². The van der Waals surface area contributed by atoms with E-state index in [0.717, 1.165) is 6.42 Å². The third-order valence-electron chi connectivity index (χ3n) is 3.22. The summed E-state index contributed by atoms with van der Waals surface area (Å²) in [5.41, 5.74) is 5.61. The lowest BCUT2D eigenvalue weighted by atomic mass is 9.91. The Kier molecular flexibility index (Phi) is 3.22. The van der Waals surface area contributed by atoms with Crippen molar-refractivity contribution in [1.29, 1.82) is 0 Å². The topological polar surface area (TPSA) is 29.3 Å². The number of halogens is 2. The highest BCUT2D eigenvalue weighted by Crippen LogP contribution is 2.31. The summed E-state index contributed by atoms with van der Waals surface area (Å²) in [7, 11) is 0. The van der Waals surface area contributed by atoms with Crippen LogP contribution in [0, 0.1) is 23.5 Å². The number of nitrogen functional groups attached to an aromatic ring is 1. The van der Waals surface area contributed by atoms with E-state index in [2.05, 4.69) is 13.8 Å². The summed E-state index contributed by atoms with van der Waals surface area (Å²) in [6, 6.07) is 2.37. The van der Waals surface area contributed by atoms with Gasteiger partial charge in [-0.05, 0) is 30.4 Å². The molecule has 2 N–H and O–H groups in total. The van der Waals surface area contributed by atoms with E-state index >= 15 is 0 Å². The summed E-state index contributed by atoms with van der Waals surface area (Å²) in [6.07, 6.45) is 1.11.